The number of hydrogen-bond acceptors (Lipinski definition) is 6. The highest BCUT2D eigenvalue weighted by atomic mass is 32.2. The quantitative estimate of drug-likeness (QED) is 0.825. The molecule has 6 heteroatoms. The third kappa shape index (κ3) is 3.84. The van der Waals surface area contributed by atoms with E-state index >= 15 is 0 Å². The van der Waals surface area contributed by atoms with Gasteiger partial charge in [0.15, 0.2) is 5.17 Å². The molecule has 0 amide bonds. The van der Waals surface area contributed by atoms with Crippen LogP contribution in [0.2, 0.25) is 0 Å². The van der Waals surface area contributed by atoms with Crippen LogP contribution >= 0.6 is 11.8 Å². The second-order valence-electron chi connectivity index (χ2n) is 7.32. The molecule has 1 atom stereocenters. The Kier molecular flexibility index (Phi) is 4.82. The summed E-state index contributed by atoms with van der Waals surface area (Å²) in [5, 5.41) is 11.2. The molecule has 5 nitrogen and oxygen atoms in total. The zero-order chi connectivity index (χ0) is 18.2. The van der Waals surface area contributed by atoms with E-state index in [4.69, 9.17) is 9.73 Å². The molecule has 0 spiro atoms. The van der Waals surface area contributed by atoms with Gasteiger partial charge < -0.3 is 14.7 Å². The van der Waals surface area contributed by atoms with Crippen molar-refractivity contribution in [3.8, 4) is 0 Å². The van der Waals surface area contributed by atoms with Crippen LogP contribution in [0.4, 0.5) is 0 Å². The van der Waals surface area contributed by atoms with Crippen LogP contribution in [0, 0.1) is 0 Å². The number of aliphatic hydroxyl groups is 1. The van der Waals surface area contributed by atoms with Crippen molar-refractivity contribution >= 4 is 22.9 Å². The summed E-state index contributed by atoms with van der Waals surface area (Å²) < 4.78 is 5.56. The predicted octanol–water partition coefficient (Wildman–Crippen LogP) is 4.04. The van der Waals surface area contributed by atoms with E-state index in [2.05, 4.69) is 32.6 Å². The van der Waals surface area contributed by atoms with E-state index in [1.807, 2.05) is 30.3 Å². The van der Waals surface area contributed by atoms with Gasteiger partial charge in [0.2, 0.25) is 0 Å². The smallest absolute Gasteiger partial charge is 0.349 e. The molecule has 134 valence electrons. The first-order chi connectivity index (χ1) is 11.8. The minimum Gasteiger partial charge on any atom is -0.511 e. The molecule has 3 rings (SSSR count). The zero-order valence-electron chi connectivity index (χ0n) is 15.0. The van der Waals surface area contributed by atoms with Crippen molar-refractivity contribution < 1.29 is 14.6 Å². The Morgan fingerprint density at radius 3 is 2.60 bits per heavy atom. The Morgan fingerprint density at radius 2 is 2.00 bits per heavy atom. The number of amidine groups is 1. The normalized spacial score (nSPS) is 23.1. The van der Waals surface area contributed by atoms with E-state index in [1.54, 1.807) is 0 Å². The van der Waals surface area contributed by atoms with Gasteiger partial charge in [0, 0.05) is 19.0 Å². The van der Waals surface area contributed by atoms with Gasteiger partial charge in [-0.15, -0.1) is 0 Å². The molecule has 0 fully saturated rings. The van der Waals surface area contributed by atoms with Gasteiger partial charge >= 0.3 is 5.97 Å². The van der Waals surface area contributed by atoms with Crippen LogP contribution in [-0.2, 0) is 9.53 Å². The summed E-state index contributed by atoms with van der Waals surface area (Å²) >= 11 is 1.21. The van der Waals surface area contributed by atoms with Gasteiger partial charge in [0.25, 0.3) is 0 Å². The molecule has 0 saturated carbocycles. The molecule has 2 heterocycles. The van der Waals surface area contributed by atoms with Gasteiger partial charge in [-0.05, 0) is 45.0 Å². The molecule has 0 bridgehead atoms. The van der Waals surface area contributed by atoms with Crippen molar-refractivity contribution in [3.05, 3.63) is 46.6 Å². The van der Waals surface area contributed by atoms with E-state index in [0.717, 1.165) is 17.3 Å². The van der Waals surface area contributed by atoms with Gasteiger partial charge in [-0.25, -0.2) is 4.79 Å². The van der Waals surface area contributed by atoms with Crippen LogP contribution in [0.25, 0.3) is 0 Å². The molecule has 1 aromatic carbocycles. The second-order valence-corrected chi connectivity index (χ2v) is 8.29. The number of aliphatic hydroxyl groups excluding tert-OH is 1. The highest BCUT2D eigenvalue weighted by Gasteiger charge is 2.37. The fourth-order valence-corrected chi connectivity index (χ4v) is 4.18. The largest absolute Gasteiger partial charge is 0.511 e. The standard InChI is InChI=1S/C19H24N2O3S/c1-12(2)21-11-19(3,4)20-18(21)25-16-14(22)10-15(24-17(16)23)13-8-6-5-7-9-13/h5-9,12,15,22H,10-11H2,1-4H3. The molecule has 25 heavy (non-hydrogen) atoms. The van der Waals surface area contributed by atoms with E-state index in [9.17, 15) is 9.90 Å². The summed E-state index contributed by atoms with van der Waals surface area (Å²) in [6.07, 6.45) is -0.155. The van der Waals surface area contributed by atoms with Crippen molar-refractivity contribution in [2.75, 3.05) is 6.54 Å². The molecular formula is C19H24N2O3S. The number of hydrogen-bond donors (Lipinski definition) is 1. The number of aliphatic imine (C=N–C) groups is 1. The van der Waals surface area contributed by atoms with Crippen molar-refractivity contribution in [1.82, 2.24) is 4.90 Å². The second kappa shape index (κ2) is 6.75. The summed E-state index contributed by atoms with van der Waals surface area (Å²) in [6, 6.07) is 9.76. The maximum Gasteiger partial charge on any atom is 0.349 e. The van der Waals surface area contributed by atoms with Crippen LogP contribution in [0.15, 0.2) is 46.0 Å². The lowest BCUT2D eigenvalue weighted by atomic mass is 10.0. The topological polar surface area (TPSA) is 62.1 Å². The number of benzene rings is 1. The minimum absolute atomic E-state index is 0.0752. The maximum atomic E-state index is 12.5. The lowest BCUT2D eigenvalue weighted by Gasteiger charge is -2.28. The van der Waals surface area contributed by atoms with Crippen molar-refractivity contribution in [2.24, 2.45) is 4.99 Å². The molecule has 2 aliphatic heterocycles. The van der Waals surface area contributed by atoms with E-state index in [1.165, 1.54) is 11.8 Å². The van der Waals surface area contributed by atoms with Crippen LogP contribution in [0.5, 0.6) is 0 Å². The van der Waals surface area contributed by atoms with Crippen LogP contribution < -0.4 is 0 Å². The summed E-state index contributed by atoms with van der Waals surface area (Å²) in [5.41, 5.74) is 0.683. The van der Waals surface area contributed by atoms with Crippen LogP contribution in [0.1, 0.15) is 45.8 Å². The van der Waals surface area contributed by atoms with Crippen LogP contribution in [0.3, 0.4) is 0 Å². The van der Waals surface area contributed by atoms with Gasteiger partial charge in [-0.2, -0.15) is 0 Å². The lowest BCUT2D eigenvalue weighted by Crippen LogP contribution is -2.37. The number of nitrogens with zero attached hydrogens (tertiary/aromatic N) is 2. The van der Waals surface area contributed by atoms with E-state index < -0.39 is 12.1 Å². The number of esters is 1. The minimum atomic E-state index is -0.487. The van der Waals surface area contributed by atoms with Crippen molar-refractivity contribution in [2.45, 2.75) is 51.8 Å². The Labute approximate surface area is 152 Å². The first kappa shape index (κ1) is 17.9. The highest BCUT2D eigenvalue weighted by Crippen LogP contribution is 2.38. The molecule has 0 radical (unpaired) electrons. The molecule has 1 N–H and O–H groups in total. The third-order valence-corrected chi connectivity index (χ3v) is 5.38. The Bertz CT molecular complexity index is 725. The number of thioether (sulfide) groups is 1. The maximum absolute atomic E-state index is 12.5. The average Bonchev–Trinajstić information content (AvgIpc) is 2.86. The Hall–Kier alpha value is -1.95. The van der Waals surface area contributed by atoms with Crippen molar-refractivity contribution in [1.29, 1.82) is 0 Å². The molecule has 0 aromatic heterocycles. The van der Waals surface area contributed by atoms with E-state index in [-0.39, 0.29) is 28.7 Å². The number of carbonyl (C=O) groups excluding carboxylic acids is 1. The molecule has 0 saturated heterocycles. The fraction of sp³-hybridized carbons (Fsp3) is 0.474. The molecule has 2 aliphatic rings. The summed E-state index contributed by atoms with van der Waals surface area (Å²) in [5.74, 6) is -0.412. The van der Waals surface area contributed by atoms with Crippen molar-refractivity contribution in [3.63, 3.8) is 0 Å². The molecule has 1 aromatic rings. The summed E-state index contributed by atoms with van der Waals surface area (Å²) in [6.45, 7) is 9.11. The predicted molar refractivity (Wildman–Crippen MR) is 100 cm³/mol. The molecular weight excluding hydrogens is 336 g/mol. The Morgan fingerprint density at radius 1 is 1.32 bits per heavy atom. The van der Waals surface area contributed by atoms with Gasteiger partial charge in [0.1, 0.15) is 16.8 Å². The SMILES string of the molecule is CC(C)N1CC(C)(C)N=C1SC1=C(O)CC(c2ccccc2)OC1=O. The Balaban J connectivity index is 1.82. The molecule has 0 aliphatic carbocycles. The summed E-state index contributed by atoms with van der Waals surface area (Å²) in [7, 11) is 0. The zero-order valence-corrected chi connectivity index (χ0v) is 15.8. The lowest BCUT2D eigenvalue weighted by molar-refractivity contribution is -0.146. The monoisotopic (exact) mass is 360 g/mol. The fourth-order valence-electron chi connectivity index (χ4n) is 2.98. The summed E-state index contributed by atoms with van der Waals surface area (Å²) in [4.78, 5) is 19.6. The number of carbonyl (C=O) groups is 1. The van der Waals surface area contributed by atoms with Gasteiger partial charge in [0.05, 0.1) is 5.54 Å². The first-order valence-electron chi connectivity index (χ1n) is 8.49. The van der Waals surface area contributed by atoms with E-state index in [0.29, 0.717) is 0 Å². The average molecular weight is 360 g/mol. The van der Waals surface area contributed by atoms with Gasteiger partial charge in [-0.1, -0.05) is 30.3 Å². The number of cyclic esters (lactones) is 1. The van der Waals surface area contributed by atoms with Gasteiger partial charge in [-0.3, -0.25) is 4.99 Å². The number of rotatable bonds is 3. The third-order valence-electron chi connectivity index (χ3n) is 4.26. The van der Waals surface area contributed by atoms with Crippen LogP contribution in [-0.4, -0.2) is 39.3 Å². The number of ether oxygens (including phenoxy) is 1. The highest BCUT2D eigenvalue weighted by molar-refractivity contribution is 8.17. The molecule has 1 unspecified atom stereocenters. The first-order valence-corrected chi connectivity index (χ1v) is 9.31.